The summed E-state index contributed by atoms with van der Waals surface area (Å²) in [6, 6.07) is 9.87. The van der Waals surface area contributed by atoms with Gasteiger partial charge in [-0.05, 0) is 18.9 Å². The molecule has 18 heavy (non-hydrogen) atoms. The highest BCUT2D eigenvalue weighted by molar-refractivity contribution is 5.84. The molecule has 0 aromatic heterocycles. The summed E-state index contributed by atoms with van der Waals surface area (Å²) in [6.07, 6.45) is 1.09. The molecule has 0 amide bonds. The van der Waals surface area contributed by atoms with Gasteiger partial charge in [0.15, 0.2) is 0 Å². The van der Waals surface area contributed by atoms with Crippen LogP contribution < -0.4 is 0 Å². The van der Waals surface area contributed by atoms with Crippen LogP contribution in [0.1, 0.15) is 18.9 Å². The first kappa shape index (κ1) is 12.6. The Morgan fingerprint density at radius 3 is 2.78 bits per heavy atom. The minimum atomic E-state index is -0.307. The van der Waals surface area contributed by atoms with Crippen molar-refractivity contribution >= 4 is 11.7 Å². The van der Waals surface area contributed by atoms with Gasteiger partial charge in [0.25, 0.3) is 0 Å². The zero-order valence-electron chi connectivity index (χ0n) is 10.6. The lowest BCUT2D eigenvalue weighted by Crippen LogP contribution is -2.31. The molecule has 0 saturated heterocycles. The zero-order valence-corrected chi connectivity index (χ0v) is 10.6. The summed E-state index contributed by atoms with van der Waals surface area (Å²) in [6.45, 7) is 1.90. The minimum absolute atomic E-state index is 0.211. The molecule has 4 nitrogen and oxygen atoms in total. The molecule has 1 heterocycles. The number of hydrogen-bond acceptors (Lipinski definition) is 4. The third kappa shape index (κ3) is 2.88. The van der Waals surface area contributed by atoms with E-state index in [-0.39, 0.29) is 18.0 Å². The second-order valence-corrected chi connectivity index (χ2v) is 4.49. The van der Waals surface area contributed by atoms with E-state index in [2.05, 4.69) is 5.16 Å². The van der Waals surface area contributed by atoms with Crippen LogP contribution in [-0.4, -0.2) is 24.9 Å². The van der Waals surface area contributed by atoms with Gasteiger partial charge in [-0.2, -0.15) is 0 Å². The fraction of sp³-hybridized carbons (Fsp3) is 0.429. The largest absolute Gasteiger partial charge is 0.469 e. The molecule has 0 spiro atoms. The molecule has 2 atom stereocenters. The number of methoxy groups -OCH3 is 1. The minimum Gasteiger partial charge on any atom is -0.469 e. The summed E-state index contributed by atoms with van der Waals surface area (Å²) >= 11 is 0. The van der Waals surface area contributed by atoms with Gasteiger partial charge in [0.2, 0.25) is 0 Å². The first-order valence-corrected chi connectivity index (χ1v) is 6.01. The molecule has 1 aromatic carbocycles. The molecule has 1 aliphatic rings. The van der Waals surface area contributed by atoms with Crippen molar-refractivity contribution < 1.29 is 14.4 Å². The van der Waals surface area contributed by atoms with Crippen molar-refractivity contribution in [2.75, 3.05) is 7.11 Å². The van der Waals surface area contributed by atoms with E-state index in [1.54, 1.807) is 0 Å². The van der Waals surface area contributed by atoms with E-state index in [0.717, 1.165) is 11.3 Å². The highest BCUT2D eigenvalue weighted by atomic mass is 16.6. The predicted molar refractivity (Wildman–Crippen MR) is 68.3 cm³/mol. The van der Waals surface area contributed by atoms with Crippen molar-refractivity contribution in [3.05, 3.63) is 35.9 Å². The van der Waals surface area contributed by atoms with Crippen LogP contribution in [0.4, 0.5) is 0 Å². The number of carbonyl (C=O) groups is 1. The maximum Gasteiger partial charge on any atom is 0.312 e. The van der Waals surface area contributed by atoms with Gasteiger partial charge in [0.1, 0.15) is 12.0 Å². The molecule has 0 saturated carbocycles. The van der Waals surface area contributed by atoms with E-state index in [1.165, 1.54) is 7.11 Å². The van der Waals surface area contributed by atoms with Crippen LogP contribution in [-0.2, 0) is 20.8 Å². The Kier molecular flexibility index (Phi) is 3.97. The number of nitrogens with zero attached hydrogens (tertiary/aromatic N) is 1. The van der Waals surface area contributed by atoms with Crippen molar-refractivity contribution in [1.82, 2.24) is 0 Å². The predicted octanol–water partition coefficient (Wildman–Crippen LogP) is 2.18. The molecule has 0 N–H and O–H groups in total. The molecule has 0 fully saturated rings. The number of benzene rings is 1. The number of esters is 1. The fourth-order valence-corrected chi connectivity index (χ4v) is 2.13. The van der Waals surface area contributed by atoms with Crippen molar-refractivity contribution in [2.45, 2.75) is 25.9 Å². The lowest BCUT2D eigenvalue weighted by molar-refractivity contribution is -0.150. The summed E-state index contributed by atoms with van der Waals surface area (Å²) < 4.78 is 4.86. The Morgan fingerprint density at radius 1 is 1.50 bits per heavy atom. The lowest BCUT2D eigenvalue weighted by atomic mass is 9.91. The number of rotatable bonds is 4. The second kappa shape index (κ2) is 5.67. The smallest absolute Gasteiger partial charge is 0.312 e. The fourth-order valence-electron chi connectivity index (χ4n) is 2.13. The van der Waals surface area contributed by atoms with E-state index in [0.29, 0.717) is 12.8 Å². The van der Waals surface area contributed by atoms with E-state index in [1.807, 2.05) is 37.3 Å². The van der Waals surface area contributed by atoms with Gasteiger partial charge in [0.05, 0.1) is 12.8 Å². The molecular formula is C14H17NO3. The third-order valence-corrected chi connectivity index (χ3v) is 3.09. The molecule has 96 valence electrons. The molecule has 0 aliphatic carbocycles. The molecule has 0 unspecified atom stereocenters. The molecule has 1 aromatic rings. The van der Waals surface area contributed by atoms with Crippen LogP contribution in [0.3, 0.4) is 0 Å². The first-order chi connectivity index (χ1) is 8.70. The van der Waals surface area contributed by atoms with E-state index >= 15 is 0 Å². The van der Waals surface area contributed by atoms with Gasteiger partial charge in [0, 0.05) is 6.42 Å². The molecule has 0 bridgehead atoms. The van der Waals surface area contributed by atoms with Gasteiger partial charge in [-0.1, -0.05) is 35.5 Å². The van der Waals surface area contributed by atoms with Crippen LogP contribution >= 0.6 is 0 Å². The van der Waals surface area contributed by atoms with Crippen molar-refractivity contribution in [3.63, 3.8) is 0 Å². The topological polar surface area (TPSA) is 47.9 Å². The van der Waals surface area contributed by atoms with Crippen LogP contribution in [0.15, 0.2) is 35.5 Å². The summed E-state index contributed by atoms with van der Waals surface area (Å²) in [7, 11) is 1.41. The van der Waals surface area contributed by atoms with Crippen LogP contribution in [0.25, 0.3) is 0 Å². The van der Waals surface area contributed by atoms with Crippen LogP contribution in [0.5, 0.6) is 0 Å². The summed E-state index contributed by atoms with van der Waals surface area (Å²) in [5, 5.41) is 3.91. The van der Waals surface area contributed by atoms with E-state index in [4.69, 9.17) is 9.57 Å². The van der Waals surface area contributed by atoms with Crippen molar-refractivity contribution in [3.8, 4) is 0 Å². The molecule has 4 heteroatoms. The Bertz CT molecular complexity index is 442. The number of ether oxygens (including phenoxy) is 1. The van der Waals surface area contributed by atoms with Crippen LogP contribution in [0.2, 0.25) is 0 Å². The zero-order chi connectivity index (χ0) is 13.0. The van der Waals surface area contributed by atoms with Gasteiger partial charge in [-0.15, -0.1) is 0 Å². The highest BCUT2D eigenvalue weighted by Crippen LogP contribution is 2.23. The van der Waals surface area contributed by atoms with Gasteiger partial charge in [-0.25, -0.2) is 0 Å². The average Bonchev–Trinajstić information content (AvgIpc) is 2.83. The summed E-state index contributed by atoms with van der Waals surface area (Å²) in [4.78, 5) is 17.2. The maximum absolute atomic E-state index is 11.9. The Labute approximate surface area is 107 Å². The summed E-state index contributed by atoms with van der Waals surface area (Å²) in [5.74, 6) is -0.549. The first-order valence-electron chi connectivity index (χ1n) is 6.01. The normalized spacial score (nSPS) is 19.9. The third-order valence-electron chi connectivity index (χ3n) is 3.09. The van der Waals surface area contributed by atoms with Gasteiger partial charge >= 0.3 is 5.97 Å². The quantitative estimate of drug-likeness (QED) is 0.766. The number of oxime groups is 1. The summed E-state index contributed by atoms with van der Waals surface area (Å²) in [5.41, 5.74) is 2.02. The average molecular weight is 247 g/mol. The van der Waals surface area contributed by atoms with E-state index in [9.17, 15) is 4.79 Å². The molecule has 1 aliphatic heterocycles. The SMILES string of the molecule is COC(=O)[C@@H](Cc1ccccc1)[C@H]1CC(C)=NO1. The van der Waals surface area contributed by atoms with Crippen molar-refractivity contribution in [2.24, 2.45) is 11.1 Å². The second-order valence-electron chi connectivity index (χ2n) is 4.49. The number of carbonyl (C=O) groups excluding carboxylic acids is 1. The molecule has 0 radical (unpaired) electrons. The molecule has 2 rings (SSSR count). The Hall–Kier alpha value is -1.84. The highest BCUT2D eigenvalue weighted by Gasteiger charge is 2.34. The van der Waals surface area contributed by atoms with Crippen molar-refractivity contribution in [1.29, 1.82) is 0 Å². The molecular weight excluding hydrogens is 230 g/mol. The maximum atomic E-state index is 11.9. The van der Waals surface area contributed by atoms with Gasteiger partial charge < -0.3 is 9.57 Å². The monoisotopic (exact) mass is 247 g/mol. The van der Waals surface area contributed by atoms with Crippen LogP contribution in [0, 0.1) is 5.92 Å². The lowest BCUT2D eigenvalue weighted by Gasteiger charge is -2.19. The Balaban J connectivity index is 2.09. The van der Waals surface area contributed by atoms with E-state index < -0.39 is 0 Å². The number of hydrogen-bond donors (Lipinski definition) is 0. The Morgan fingerprint density at radius 2 is 2.22 bits per heavy atom. The van der Waals surface area contributed by atoms with Gasteiger partial charge in [-0.3, -0.25) is 4.79 Å². The standard InChI is InChI=1S/C14H17NO3/c1-10-8-13(18-15-10)12(14(16)17-2)9-11-6-4-3-5-7-11/h3-7,12-13H,8-9H2,1-2H3/t12-,13+/m0/s1.